The number of rotatable bonds is 8. The summed E-state index contributed by atoms with van der Waals surface area (Å²) >= 11 is 0. The van der Waals surface area contributed by atoms with Crippen LogP contribution in [-0.2, 0) is 13.0 Å². The Morgan fingerprint density at radius 3 is 2.86 bits per heavy atom. The molecule has 9 heteroatoms. The van der Waals surface area contributed by atoms with E-state index in [0.29, 0.717) is 49.2 Å². The topological polar surface area (TPSA) is 107 Å². The minimum Gasteiger partial charge on any atom is -0.496 e. The lowest BCUT2D eigenvalue weighted by Crippen LogP contribution is -2.47. The molecule has 9 nitrogen and oxygen atoms in total. The van der Waals surface area contributed by atoms with E-state index in [2.05, 4.69) is 40.0 Å². The number of fused-ring (bicyclic) bond motifs is 1. The number of methoxy groups -OCH3 is 1. The van der Waals surface area contributed by atoms with Gasteiger partial charge in [-0.1, -0.05) is 26.3 Å². The normalized spacial score (nSPS) is 20.5. The van der Waals surface area contributed by atoms with E-state index in [1.807, 2.05) is 43.5 Å². The molecular formula is C28H38N6O3. The van der Waals surface area contributed by atoms with Gasteiger partial charge in [0.2, 0.25) is 0 Å². The van der Waals surface area contributed by atoms with Crippen LogP contribution >= 0.6 is 0 Å². The van der Waals surface area contributed by atoms with Crippen LogP contribution in [0, 0.1) is 11.8 Å². The molecule has 0 bridgehead atoms. The van der Waals surface area contributed by atoms with Crippen molar-refractivity contribution in [2.45, 2.75) is 59.2 Å². The molecule has 0 radical (unpaired) electrons. The molecule has 3 aliphatic heterocycles. The second-order valence-electron chi connectivity index (χ2n) is 10.1. The number of urea groups is 1. The number of nitrogens with zero attached hydrogens (tertiary/aromatic N) is 3. The molecule has 1 aromatic rings. The van der Waals surface area contributed by atoms with E-state index in [0.717, 1.165) is 41.8 Å². The van der Waals surface area contributed by atoms with Crippen LogP contribution in [0.4, 0.5) is 4.79 Å². The molecule has 0 fully saturated rings. The molecule has 4 rings (SSSR count). The van der Waals surface area contributed by atoms with Crippen LogP contribution in [0.2, 0.25) is 0 Å². The third kappa shape index (κ3) is 6.39. The fourth-order valence-corrected chi connectivity index (χ4v) is 4.89. The maximum Gasteiger partial charge on any atom is 0.317 e. The Morgan fingerprint density at radius 1 is 1.27 bits per heavy atom. The monoisotopic (exact) mass is 506 g/mol. The van der Waals surface area contributed by atoms with E-state index in [-0.39, 0.29) is 11.9 Å². The molecule has 3 heterocycles. The molecule has 2 atom stereocenters. The summed E-state index contributed by atoms with van der Waals surface area (Å²) in [7, 11) is 1.57. The number of hydrogen-bond donors (Lipinski definition) is 3. The first-order valence-corrected chi connectivity index (χ1v) is 13.2. The summed E-state index contributed by atoms with van der Waals surface area (Å²) in [6.45, 7) is 8.02. The van der Waals surface area contributed by atoms with Crippen molar-refractivity contribution in [2.24, 2.45) is 22.0 Å². The first-order chi connectivity index (χ1) is 17.9. The Bertz CT molecular complexity index is 1140. The van der Waals surface area contributed by atoms with Crippen LogP contribution in [0.5, 0.6) is 5.75 Å². The Morgan fingerprint density at radius 2 is 2.11 bits per heavy atom. The molecule has 3 aliphatic rings. The highest BCUT2D eigenvalue weighted by Crippen LogP contribution is 2.29. The van der Waals surface area contributed by atoms with E-state index < -0.39 is 6.17 Å². The quantitative estimate of drug-likeness (QED) is 0.499. The summed E-state index contributed by atoms with van der Waals surface area (Å²) in [5, 5.41) is 17.9. The van der Waals surface area contributed by atoms with E-state index in [1.54, 1.807) is 12.0 Å². The molecule has 0 aliphatic carbocycles. The van der Waals surface area contributed by atoms with Gasteiger partial charge < -0.3 is 25.6 Å². The number of carbonyl (C=O) groups is 2. The molecular weight excluding hydrogens is 468 g/mol. The number of hydrogen-bond acceptors (Lipinski definition) is 6. The Labute approximate surface area is 219 Å². The second kappa shape index (κ2) is 12.1. The van der Waals surface area contributed by atoms with Gasteiger partial charge in [0.15, 0.2) is 0 Å². The zero-order valence-electron chi connectivity index (χ0n) is 22.2. The van der Waals surface area contributed by atoms with Crippen LogP contribution in [0.15, 0.2) is 46.3 Å². The van der Waals surface area contributed by atoms with Crippen molar-refractivity contribution in [2.75, 3.05) is 20.2 Å². The van der Waals surface area contributed by atoms with Gasteiger partial charge in [-0.2, -0.15) is 10.2 Å². The van der Waals surface area contributed by atoms with Gasteiger partial charge >= 0.3 is 6.03 Å². The summed E-state index contributed by atoms with van der Waals surface area (Å²) in [5.41, 5.74) is 4.31. The standard InChI is InChI=1S/C28H38N6O3/c1-5-29-28(36)34-14-12-20-16-24(37-4)22(15-21(20)17-34)27(35)32-25-8-6-7-23(31-25)26-19(10-9-18(2)3)11-13-30-33-26/h6-8,13,15-16,18-19,25,31H,5,9-12,14,17H2,1-4H3,(H,29,36)(H,32,35). The number of allylic oxidation sites excluding steroid dienone is 3. The van der Waals surface area contributed by atoms with Gasteiger partial charge in [0.05, 0.1) is 24.1 Å². The Balaban J connectivity index is 1.46. The number of amides is 3. The predicted molar refractivity (Wildman–Crippen MR) is 146 cm³/mol. The van der Waals surface area contributed by atoms with Crippen molar-refractivity contribution in [1.29, 1.82) is 0 Å². The number of nitrogens with one attached hydrogen (secondary N) is 3. The first-order valence-electron chi connectivity index (χ1n) is 13.2. The van der Waals surface area contributed by atoms with Crippen molar-refractivity contribution in [3.63, 3.8) is 0 Å². The lowest BCUT2D eigenvalue weighted by Gasteiger charge is -2.30. The average molecular weight is 507 g/mol. The maximum atomic E-state index is 13.4. The van der Waals surface area contributed by atoms with Gasteiger partial charge in [0, 0.05) is 31.8 Å². The van der Waals surface area contributed by atoms with Crippen molar-refractivity contribution < 1.29 is 14.3 Å². The van der Waals surface area contributed by atoms with Gasteiger partial charge in [0.1, 0.15) is 11.9 Å². The molecule has 3 amide bonds. The minimum absolute atomic E-state index is 0.0903. The van der Waals surface area contributed by atoms with Crippen molar-refractivity contribution >= 4 is 23.9 Å². The summed E-state index contributed by atoms with van der Waals surface area (Å²) in [6, 6.07) is 3.68. The fourth-order valence-electron chi connectivity index (χ4n) is 4.89. The largest absolute Gasteiger partial charge is 0.496 e. The number of carbonyl (C=O) groups excluding carboxylic acids is 2. The average Bonchev–Trinajstić information content (AvgIpc) is 2.91. The lowest BCUT2D eigenvalue weighted by atomic mass is 9.88. The van der Waals surface area contributed by atoms with Gasteiger partial charge in [-0.25, -0.2) is 4.79 Å². The molecule has 0 saturated carbocycles. The van der Waals surface area contributed by atoms with E-state index in [4.69, 9.17) is 4.74 Å². The molecule has 198 valence electrons. The summed E-state index contributed by atoms with van der Waals surface area (Å²) < 4.78 is 5.57. The Hall–Kier alpha value is -3.62. The molecule has 37 heavy (non-hydrogen) atoms. The van der Waals surface area contributed by atoms with Crippen molar-refractivity contribution in [3.05, 3.63) is 52.7 Å². The molecule has 3 N–H and O–H groups in total. The zero-order chi connectivity index (χ0) is 26.4. The molecule has 1 aromatic carbocycles. The first kappa shape index (κ1) is 26.4. The molecule has 0 aromatic heterocycles. The second-order valence-corrected chi connectivity index (χ2v) is 10.1. The number of ether oxygens (including phenoxy) is 1. The van der Waals surface area contributed by atoms with Crippen LogP contribution in [-0.4, -0.2) is 55.1 Å². The Kier molecular flexibility index (Phi) is 8.63. The number of benzene rings is 1. The van der Waals surface area contributed by atoms with Crippen molar-refractivity contribution in [3.8, 4) is 5.75 Å². The van der Waals surface area contributed by atoms with Crippen LogP contribution in [0.3, 0.4) is 0 Å². The lowest BCUT2D eigenvalue weighted by molar-refractivity contribution is 0.0937. The summed E-state index contributed by atoms with van der Waals surface area (Å²) in [5.74, 6) is 1.20. The van der Waals surface area contributed by atoms with Crippen molar-refractivity contribution in [1.82, 2.24) is 20.9 Å². The van der Waals surface area contributed by atoms with Gasteiger partial charge in [0.25, 0.3) is 5.91 Å². The smallest absolute Gasteiger partial charge is 0.317 e. The zero-order valence-corrected chi connectivity index (χ0v) is 22.2. The molecule has 0 saturated heterocycles. The SMILES string of the molecule is CCNC(=O)N1CCc2cc(OC)c(C(=O)NC3C=CC=C(C4=NN=CCC4CCC(C)C)N3)cc2C1. The number of dihydropyridines is 1. The van der Waals surface area contributed by atoms with Crippen LogP contribution < -0.4 is 20.7 Å². The highest BCUT2D eigenvalue weighted by Gasteiger charge is 2.27. The summed E-state index contributed by atoms with van der Waals surface area (Å²) in [4.78, 5) is 27.5. The highest BCUT2D eigenvalue weighted by molar-refractivity contribution is 6.04. The van der Waals surface area contributed by atoms with E-state index >= 15 is 0 Å². The fraction of sp³-hybridized carbons (Fsp3) is 0.500. The van der Waals surface area contributed by atoms with E-state index in [9.17, 15) is 9.59 Å². The molecule has 0 spiro atoms. The van der Waals surface area contributed by atoms with Crippen LogP contribution in [0.1, 0.15) is 61.5 Å². The molecule has 2 unspecified atom stereocenters. The maximum absolute atomic E-state index is 13.4. The predicted octanol–water partition coefficient (Wildman–Crippen LogP) is 3.76. The third-order valence-electron chi connectivity index (χ3n) is 6.95. The third-order valence-corrected chi connectivity index (χ3v) is 6.95. The van der Waals surface area contributed by atoms with E-state index in [1.165, 1.54) is 0 Å². The minimum atomic E-state index is -0.403. The highest BCUT2D eigenvalue weighted by atomic mass is 16.5. The van der Waals surface area contributed by atoms with Crippen LogP contribution in [0.25, 0.3) is 0 Å². The van der Waals surface area contributed by atoms with Gasteiger partial charge in [-0.3, -0.25) is 4.79 Å². The van der Waals surface area contributed by atoms with Gasteiger partial charge in [-0.15, -0.1) is 0 Å². The summed E-state index contributed by atoms with van der Waals surface area (Å²) in [6.07, 6.45) is 11.0. The van der Waals surface area contributed by atoms with Gasteiger partial charge in [-0.05, 0) is 67.5 Å².